The van der Waals surface area contributed by atoms with Crippen molar-refractivity contribution in [2.24, 2.45) is 0 Å². The molecule has 1 heterocycles. The van der Waals surface area contributed by atoms with Crippen molar-refractivity contribution in [2.75, 3.05) is 0 Å². The number of aryl methyl sites for hydroxylation is 3. The lowest BCUT2D eigenvalue weighted by Crippen LogP contribution is -2.08. The molecule has 0 fully saturated rings. The van der Waals surface area contributed by atoms with Gasteiger partial charge in [0, 0.05) is 5.56 Å². The number of carbonyl (C=O) groups is 1. The number of carboxylic acids is 1. The van der Waals surface area contributed by atoms with Crippen LogP contribution < -0.4 is 0 Å². The summed E-state index contributed by atoms with van der Waals surface area (Å²) in [6.45, 7) is 4.99. The van der Waals surface area contributed by atoms with Crippen molar-refractivity contribution in [3.05, 3.63) is 46.5 Å². The van der Waals surface area contributed by atoms with E-state index in [9.17, 15) is 9.18 Å². The minimum atomic E-state index is -1.06. The van der Waals surface area contributed by atoms with E-state index in [1.54, 1.807) is 26.8 Å². The van der Waals surface area contributed by atoms with Crippen LogP contribution in [-0.4, -0.2) is 21.0 Å². The van der Waals surface area contributed by atoms with Crippen molar-refractivity contribution in [3.8, 4) is 11.4 Å². The Labute approximate surface area is 110 Å². The molecule has 98 valence electrons. The van der Waals surface area contributed by atoms with Crippen LogP contribution in [0.1, 0.15) is 27.3 Å². The number of carboxylic acid groups (broad SMARTS) is 1. The zero-order valence-electron chi connectivity index (χ0n) is 10.9. The smallest absolute Gasteiger partial charge is 0.339 e. The second-order valence-corrected chi connectivity index (χ2v) is 4.42. The summed E-state index contributed by atoms with van der Waals surface area (Å²) in [6.07, 6.45) is 0. The molecule has 0 saturated heterocycles. The van der Waals surface area contributed by atoms with E-state index in [1.807, 2.05) is 0 Å². The predicted molar refractivity (Wildman–Crippen MR) is 68.6 cm³/mol. The first-order chi connectivity index (χ1) is 8.88. The molecule has 1 aromatic heterocycles. The molecule has 0 aliphatic heterocycles. The fraction of sp³-hybridized carbons (Fsp3) is 0.214. The largest absolute Gasteiger partial charge is 0.478 e. The maximum Gasteiger partial charge on any atom is 0.339 e. The molecule has 0 aliphatic rings. The van der Waals surface area contributed by atoms with Gasteiger partial charge < -0.3 is 5.11 Å². The van der Waals surface area contributed by atoms with Gasteiger partial charge in [-0.05, 0) is 44.5 Å². The molecule has 0 saturated carbocycles. The van der Waals surface area contributed by atoms with Gasteiger partial charge in [0.05, 0.1) is 11.4 Å². The lowest BCUT2D eigenvalue weighted by molar-refractivity contribution is 0.0694. The summed E-state index contributed by atoms with van der Waals surface area (Å²) in [5.41, 5.74) is 2.14. The summed E-state index contributed by atoms with van der Waals surface area (Å²) in [7, 11) is 0. The third-order valence-electron chi connectivity index (χ3n) is 2.79. The van der Waals surface area contributed by atoms with Crippen molar-refractivity contribution >= 4 is 5.97 Å². The molecule has 0 aliphatic carbocycles. The maximum absolute atomic E-state index is 13.4. The second kappa shape index (κ2) is 4.76. The van der Waals surface area contributed by atoms with Crippen LogP contribution in [0.5, 0.6) is 0 Å². The van der Waals surface area contributed by atoms with Gasteiger partial charge in [0.2, 0.25) is 0 Å². The van der Waals surface area contributed by atoms with Gasteiger partial charge in [-0.15, -0.1) is 0 Å². The summed E-state index contributed by atoms with van der Waals surface area (Å²) >= 11 is 0. The SMILES string of the molecule is Cc1cc(F)cc(-c2nc(C)c(C(=O)O)c(C)n2)c1. The molecule has 5 heteroatoms. The minimum absolute atomic E-state index is 0.0943. The van der Waals surface area contributed by atoms with Crippen LogP contribution in [0.2, 0.25) is 0 Å². The number of benzene rings is 1. The van der Waals surface area contributed by atoms with Crippen LogP contribution in [0.15, 0.2) is 18.2 Å². The number of halogens is 1. The van der Waals surface area contributed by atoms with Crippen LogP contribution >= 0.6 is 0 Å². The molecule has 0 radical (unpaired) electrons. The minimum Gasteiger partial charge on any atom is -0.478 e. The summed E-state index contributed by atoms with van der Waals surface area (Å²) < 4.78 is 13.4. The van der Waals surface area contributed by atoms with Gasteiger partial charge in [-0.1, -0.05) is 0 Å². The Morgan fingerprint density at radius 3 is 2.16 bits per heavy atom. The van der Waals surface area contributed by atoms with E-state index in [2.05, 4.69) is 9.97 Å². The molecule has 1 aromatic carbocycles. The predicted octanol–water partition coefficient (Wildman–Crippen LogP) is 2.91. The third kappa shape index (κ3) is 2.59. The lowest BCUT2D eigenvalue weighted by Gasteiger charge is -2.08. The summed E-state index contributed by atoms with van der Waals surface area (Å²) in [5, 5.41) is 9.06. The van der Waals surface area contributed by atoms with E-state index >= 15 is 0 Å². The molecule has 2 aromatic rings. The van der Waals surface area contributed by atoms with Gasteiger partial charge in [0.25, 0.3) is 0 Å². The van der Waals surface area contributed by atoms with E-state index in [-0.39, 0.29) is 11.4 Å². The molecule has 1 N–H and O–H groups in total. The van der Waals surface area contributed by atoms with E-state index in [1.165, 1.54) is 12.1 Å². The highest BCUT2D eigenvalue weighted by molar-refractivity contribution is 5.90. The van der Waals surface area contributed by atoms with Crippen molar-refractivity contribution in [3.63, 3.8) is 0 Å². The average molecular weight is 260 g/mol. The molecule has 0 amide bonds. The van der Waals surface area contributed by atoms with Crippen molar-refractivity contribution in [1.29, 1.82) is 0 Å². The second-order valence-electron chi connectivity index (χ2n) is 4.42. The molecule has 0 bridgehead atoms. The molecule has 0 unspecified atom stereocenters. The number of hydrogen-bond donors (Lipinski definition) is 1. The fourth-order valence-electron chi connectivity index (χ4n) is 2.02. The van der Waals surface area contributed by atoms with E-state index in [0.717, 1.165) is 5.56 Å². The molecule has 2 rings (SSSR count). The van der Waals surface area contributed by atoms with Crippen LogP contribution in [-0.2, 0) is 0 Å². The van der Waals surface area contributed by atoms with Gasteiger partial charge in [-0.25, -0.2) is 19.2 Å². The van der Waals surface area contributed by atoms with Crippen LogP contribution in [0.4, 0.5) is 4.39 Å². The number of aromatic nitrogens is 2. The maximum atomic E-state index is 13.4. The molecule has 0 atom stereocenters. The van der Waals surface area contributed by atoms with Gasteiger partial charge in [-0.2, -0.15) is 0 Å². The molecule has 0 spiro atoms. The number of aromatic carboxylic acids is 1. The molecule has 4 nitrogen and oxygen atoms in total. The molecular formula is C14H13FN2O2. The van der Waals surface area contributed by atoms with E-state index in [4.69, 9.17) is 5.11 Å². The monoisotopic (exact) mass is 260 g/mol. The van der Waals surface area contributed by atoms with Crippen LogP contribution in [0, 0.1) is 26.6 Å². The Kier molecular flexibility index (Phi) is 3.29. The Morgan fingerprint density at radius 1 is 1.11 bits per heavy atom. The normalized spacial score (nSPS) is 10.5. The third-order valence-corrected chi connectivity index (χ3v) is 2.79. The lowest BCUT2D eigenvalue weighted by atomic mass is 10.1. The van der Waals surface area contributed by atoms with Gasteiger partial charge in [0.15, 0.2) is 5.82 Å². The number of rotatable bonds is 2. The van der Waals surface area contributed by atoms with Crippen molar-refractivity contribution in [1.82, 2.24) is 9.97 Å². The van der Waals surface area contributed by atoms with Crippen LogP contribution in [0.25, 0.3) is 11.4 Å². The van der Waals surface area contributed by atoms with Gasteiger partial charge in [-0.3, -0.25) is 0 Å². The summed E-state index contributed by atoms with van der Waals surface area (Å²) in [4.78, 5) is 19.4. The van der Waals surface area contributed by atoms with Crippen molar-refractivity contribution < 1.29 is 14.3 Å². The highest BCUT2D eigenvalue weighted by Crippen LogP contribution is 2.21. The Bertz CT molecular complexity index is 625. The summed E-state index contributed by atoms with van der Waals surface area (Å²) in [6, 6.07) is 4.51. The zero-order valence-corrected chi connectivity index (χ0v) is 10.9. The first kappa shape index (κ1) is 13.1. The number of hydrogen-bond acceptors (Lipinski definition) is 3. The van der Waals surface area contributed by atoms with Gasteiger partial charge in [0.1, 0.15) is 11.4 Å². The molecular weight excluding hydrogens is 247 g/mol. The summed E-state index contributed by atoms with van der Waals surface area (Å²) in [5.74, 6) is -1.09. The highest BCUT2D eigenvalue weighted by Gasteiger charge is 2.15. The van der Waals surface area contributed by atoms with Crippen molar-refractivity contribution in [2.45, 2.75) is 20.8 Å². The Hall–Kier alpha value is -2.30. The van der Waals surface area contributed by atoms with Crippen LogP contribution in [0.3, 0.4) is 0 Å². The zero-order chi connectivity index (χ0) is 14.2. The Balaban J connectivity index is 2.61. The average Bonchev–Trinajstić information content (AvgIpc) is 2.25. The standard InChI is InChI=1S/C14H13FN2O2/c1-7-4-10(6-11(15)5-7)13-16-8(2)12(14(18)19)9(3)17-13/h4-6H,1-3H3,(H,18,19). The topological polar surface area (TPSA) is 63.1 Å². The quantitative estimate of drug-likeness (QED) is 0.901. The first-order valence-electron chi connectivity index (χ1n) is 5.74. The van der Waals surface area contributed by atoms with E-state index < -0.39 is 5.97 Å². The van der Waals surface area contributed by atoms with Gasteiger partial charge >= 0.3 is 5.97 Å². The molecule has 19 heavy (non-hydrogen) atoms. The number of nitrogens with zero attached hydrogens (tertiary/aromatic N) is 2. The fourth-order valence-corrected chi connectivity index (χ4v) is 2.02. The highest BCUT2D eigenvalue weighted by atomic mass is 19.1. The first-order valence-corrected chi connectivity index (χ1v) is 5.74. The van der Waals surface area contributed by atoms with E-state index in [0.29, 0.717) is 22.8 Å². The Morgan fingerprint density at radius 2 is 1.68 bits per heavy atom.